The molecule has 0 radical (unpaired) electrons. The monoisotopic (exact) mass is 420 g/mol. The van der Waals surface area contributed by atoms with Gasteiger partial charge in [-0.25, -0.2) is 15.0 Å². The Kier molecular flexibility index (Phi) is 5.25. The maximum Gasteiger partial charge on any atom is 0.227 e. The molecule has 164 valence electrons. The van der Waals surface area contributed by atoms with E-state index in [4.69, 9.17) is 4.98 Å². The molecule has 0 atom stereocenters. The highest BCUT2D eigenvalue weighted by molar-refractivity contribution is 5.79. The SMILES string of the molecule is Cc1nc2cnc(Nc3ccnc(N4CCC5(CCNCC5)CC4)n3)cc2n1C(C)C. The van der Waals surface area contributed by atoms with Gasteiger partial charge >= 0.3 is 0 Å². The van der Waals surface area contributed by atoms with E-state index in [0.717, 1.165) is 60.6 Å². The molecule has 3 aromatic heterocycles. The molecule has 5 rings (SSSR count). The number of aromatic nitrogens is 5. The Labute approximate surface area is 183 Å². The Balaban J connectivity index is 1.32. The van der Waals surface area contributed by atoms with Crippen LogP contribution in [0.1, 0.15) is 51.4 Å². The van der Waals surface area contributed by atoms with Crippen molar-refractivity contribution in [3.05, 3.63) is 30.4 Å². The summed E-state index contributed by atoms with van der Waals surface area (Å²) in [5.41, 5.74) is 2.52. The number of hydrogen-bond acceptors (Lipinski definition) is 7. The average molecular weight is 421 g/mol. The van der Waals surface area contributed by atoms with E-state index < -0.39 is 0 Å². The molecule has 1 spiro atoms. The van der Waals surface area contributed by atoms with Gasteiger partial charge < -0.3 is 20.1 Å². The molecule has 8 nitrogen and oxygen atoms in total. The number of piperidine rings is 2. The molecule has 0 aromatic carbocycles. The van der Waals surface area contributed by atoms with E-state index in [1.165, 1.54) is 25.7 Å². The van der Waals surface area contributed by atoms with Crippen molar-refractivity contribution < 1.29 is 0 Å². The Morgan fingerprint density at radius 3 is 2.55 bits per heavy atom. The van der Waals surface area contributed by atoms with Crippen LogP contribution in [-0.4, -0.2) is 50.7 Å². The van der Waals surface area contributed by atoms with Crippen molar-refractivity contribution in [2.75, 3.05) is 36.4 Å². The first-order valence-electron chi connectivity index (χ1n) is 11.4. The lowest BCUT2D eigenvalue weighted by Crippen LogP contribution is -2.46. The van der Waals surface area contributed by atoms with Gasteiger partial charge in [-0.2, -0.15) is 4.98 Å². The molecule has 0 saturated carbocycles. The van der Waals surface area contributed by atoms with Gasteiger partial charge in [0.05, 0.1) is 11.7 Å². The normalized spacial score (nSPS) is 18.8. The molecule has 2 saturated heterocycles. The first-order valence-corrected chi connectivity index (χ1v) is 11.4. The summed E-state index contributed by atoms with van der Waals surface area (Å²) in [4.78, 5) is 20.9. The van der Waals surface area contributed by atoms with Crippen molar-refractivity contribution in [1.29, 1.82) is 0 Å². The van der Waals surface area contributed by atoms with Crippen LogP contribution in [0.25, 0.3) is 11.0 Å². The summed E-state index contributed by atoms with van der Waals surface area (Å²) in [5.74, 6) is 3.35. The molecular formula is C23H32N8. The van der Waals surface area contributed by atoms with Gasteiger partial charge in [0.2, 0.25) is 5.95 Å². The minimum atomic E-state index is 0.341. The van der Waals surface area contributed by atoms with Gasteiger partial charge in [-0.15, -0.1) is 0 Å². The van der Waals surface area contributed by atoms with Crippen LogP contribution < -0.4 is 15.5 Å². The second kappa shape index (κ2) is 8.07. The minimum absolute atomic E-state index is 0.341. The zero-order valence-corrected chi connectivity index (χ0v) is 18.7. The van der Waals surface area contributed by atoms with Crippen LogP contribution >= 0.6 is 0 Å². The summed E-state index contributed by atoms with van der Waals surface area (Å²) in [7, 11) is 0. The molecule has 0 amide bonds. The first kappa shape index (κ1) is 20.2. The summed E-state index contributed by atoms with van der Waals surface area (Å²) in [6, 6.07) is 4.30. The van der Waals surface area contributed by atoms with E-state index in [9.17, 15) is 0 Å². The second-order valence-corrected chi connectivity index (χ2v) is 9.28. The van der Waals surface area contributed by atoms with E-state index in [2.05, 4.69) is 55.0 Å². The molecule has 31 heavy (non-hydrogen) atoms. The quantitative estimate of drug-likeness (QED) is 0.664. The molecule has 8 heteroatoms. The van der Waals surface area contributed by atoms with Crippen molar-refractivity contribution in [3.8, 4) is 0 Å². The number of rotatable bonds is 4. The zero-order chi connectivity index (χ0) is 21.4. The lowest BCUT2D eigenvalue weighted by Gasteiger charge is -2.44. The van der Waals surface area contributed by atoms with E-state index >= 15 is 0 Å². The highest BCUT2D eigenvalue weighted by Gasteiger charge is 2.36. The fourth-order valence-corrected chi connectivity index (χ4v) is 5.18. The summed E-state index contributed by atoms with van der Waals surface area (Å²) >= 11 is 0. The summed E-state index contributed by atoms with van der Waals surface area (Å²) in [6.07, 6.45) is 8.71. The van der Waals surface area contributed by atoms with Crippen LogP contribution in [0.3, 0.4) is 0 Å². The van der Waals surface area contributed by atoms with Gasteiger partial charge in [0.25, 0.3) is 0 Å². The maximum absolute atomic E-state index is 4.80. The third-order valence-corrected chi connectivity index (χ3v) is 6.94. The lowest BCUT2D eigenvalue weighted by atomic mass is 9.72. The van der Waals surface area contributed by atoms with Crippen LogP contribution in [0.4, 0.5) is 17.6 Å². The number of hydrogen-bond donors (Lipinski definition) is 2. The van der Waals surface area contributed by atoms with Crippen LogP contribution in [0.2, 0.25) is 0 Å². The van der Waals surface area contributed by atoms with Crippen molar-refractivity contribution in [2.24, 2.45) is 5.41 Å². The van der Waals surface area contributed by atoms with Crippen LogP contribution in [0.5, 0.6) is 0 Å². The number of anilines is 3. The molecule has 2 N–H and O–H groups in total. The average Bonchev–Trinajstić information content (AvgIpc) is 3.10. The van der Waals surface area contributed by atoms with Gasteiger partial charge in [-0.3, -0.25) is 0 Å². The molecule has 3 aromatic rings. The van der Waals surface area contributed by atoms with Gasteiger partial charge in [-0.1, -0.05) is 0 Å². The third-order valence-electron chi connectivity index (χ3n) is 6.94. The Bertz CT molecular complexity index is 1060. The first-order chi connectivity index (χ1) is 15.0. The molecule has 2 aliphatic rings. The minimum Gasteiger partial charge on any atom is -0.341 e. The fourth-order valence-electron chi connectivity index (χ4n) is 5.18. The lowest BCUT2D eigenvalue weighted by molar-refractivity contribution is 0.154. The largest absolute Gasteiger partial charge is 0.341 e. The van der Waals surface area contributed by atoms with E-state index in [-0.39, 0.29) is 0 Å². The Morgan fingerprint density at radius 1 is 1.03 bits per heavy atom. The van der Waals surface area contributed by atoms with Gasteiger partial charge in [-0.05, 0) is 71.0 Å². The topological polar surface area (TPSA) is 83.8 Å². The predicted molar refractivity (Wildman–Crippen MR) is 124 cm³/mol. The molecule has 2 aliphatic heterocycles. The Hall–Kier alpha value is -2.74. The Morgan fingerprint density at radius 2 is 1.81 bits per heavy atom. The van der Waals surface area contributed by atoms with E-state index in [0.29, 0.717) is 11.5 Å². The van der Waals surface area contributed by atoms with Crippen molar-refractivity contribution in [1.82, 2.24) is 29.8 Å². The molecule has 2 fully saturated rings. The molecule has 0 aliphatic carbocycles. The summed E-state index contributed by atoms with van der Waals surface area (Å²) in [6.45, 7) is 10.7. The van der Waals surface area contributed by atoms with Gasteiger partial charge in [0.1, 0.15) is 23.0 Å². The highest BCUT2D eigenvalue weighted by Crippen LogP contribution is 2.40. The number of imidazole rings is 1. The number of pyridine rings is 1. The maximum atomic E-state index is 4.80. The van der Waals surface area contributed by atoms with Crippen molar-refractivity contribution in [2.45, 2.75) is 52.5 Å². The van der Waals surface area contributed by atoms with Crippen LogP contribution in [0, 0.1) is 12.3 Å². The van der Waals surface area contributed by atoms with E-state index in [1.807, 2.05) is 25.4 Å². The molecular weight excluding hydrogens is 388 g/mol. The third kappa shape index (κ3) is 3.96. The highest BCUT2D eigenvalue weighted by atomic mass is 15.3. The molecule has 0 bridgehead atoms. The van der Waals surface area contributed by atoms with Crippen LogP contribution in [0.15, 0.2) is 24.5 Å². The smallest absolute Gasteiger partial charge is 0.227 e. The van der Waals surface area contributed by atoms with Crippen molar-refractivity contribution in [3.63, 3.8) is 0 Å². The number of nitrogens with zero attached hydrogens (tertiary/aromatic N) is 6. The number of aryl methyl sites for hydroxylation is 1. The van der Waals surface area contributed by atoms with E-state index in [1.54, 1.807) is 0 Å². The standard InChI is InChI=1S/C23H32N8/c1-16(2)31-17(3)27-18-15-26-21(14-19(18)31)28-20-4-9-25-22(29-20)30-12-7-23(8-13-30)5-10-24-11-6-23/h4,9,14-16,24H,5-8,10-13H2,1-3H3,(H,25,26,28,29). The van der Waals surface area contributed by atoms with Crippen LogP contribution in [-0.2, 0) is 0 Å². The second-order valence-electron chi connectivity index (χ2n) is 9.28. The van der Waals surface area contributed by atoms with Crippen molar-refractivity contribution >= 4 is 28.6 Å². The zero-order valence-electron chi connectivity index (χ0n) is 18.7. The number of nitrogens with one attached hydrogen (secondary N) is 2. The summed E-state index contributed by atoms with van der Waals surface area (Å²) in [5, 5.41) is 6.86. The fraction of sp³-hybridized carbons (Fsp3) is 0.565. The van der Waals surface area contributed by atoms with Gasteiger partial charge in [0, 0.05) is 31.4 Å². The number of fused-ring (bicyclic) bond motifs is 1. The van der Waals surface area contributed by atoms with Gasteiger partial charge in [0.15, 0.2) is 0 Å². The molecule has 5 heterocycles. The summed E-state index contributed by atoms with van der Waals surface area (Å²) < 4.78 is 2.23. The predicted octanol–water partition coefficient (Wildman–Crippen LogP) is 3.82. The molecule has 0 unspecified atom stereocenters.